The predicted octanol–water partition coefficient (Wildman–Crippen LogP) is 1.97. The van der Waals surface area contributed by atoms with E-state index in [-0.39, 0.29) is 0 Å². The Morgan fingerprint density at radius 2 is 1.84 bits per heavy atom. The monoisotopic (exact) mass is 251 g/mol. The van der Waals surface area contributed by atoms with Crippen LogP contribution in [0.3, 0.4) is 0 Å². The standard InChI is InChI=1S/C14H13N5/c15-14-2-1-12(7-18-14)13-8-17-10-19(13)9-11-3-5-16-6-4-11/h1-8,10H,9H2,(H2,15,18). The van der Waals surface area contributed by atoms with E-state index in [2.05, 4.69) is 19.5 Å². The molecule has 0 aliphatic heterocycles. The van der Waals surface area contributed by atoms with Crippen molar-refractivity contribution in [1.29, 1.82) is 0 Å². The van der Waals surface area contributed by atoms with Crippen LogP contribution in [0.5, 0.6) is 0 Å². The number of rotatable bonds is 3. The molecule has 2 N–H and O–H groups in total. The van der Waals surface area contributed by atoms with Gasteiger partial charge in [-0.3, -0.25) is 4.98 Å². The quantitative estimate of drug-likeness (QED) is 0.772. The molecule has 0 aliphatic rings. The summed E-state index contributed by atoms with van der Waals surface area (Å²) in [4.78, 5) is 12.3. The zero-order valence-corrected chi connectivity index (χ0v) is 10.3. The number of aromatic nitrogens is 4. The normalized spacial score (nSPS) is 10.5. The zero-order chi connectivity index (χ0) is 13.1. The molecule has 0 saturated carbocycles. The summed E-state index contributed by atoms with van der Waals surface area (Å²) in [6.45, 7) is 0.752. The predicted molar refractivity (Wildman–Crippen MR) is 73.2 cm³/mol. The van der Waals surface area contributed by atoms with Gasteiger partial charge >= 0.3 is 0 Å². The Hall–Kier alpha value is -2.69. The van der Waals surface area contributed by atoms with Crippen LogP contribution in [0.4, 0.5) is 5.82 Å². The molecule has 0 unspecified atom stereocenters. The van der Waals surface area contributed by atoms with E-state index in [9.17, 15) is 0 Å². The van der Waals surface area contributed by atoms with Gasteiger partial charge in [0.05, 0.1) is 18.2 Å². The molecule has 0 aromatic carbocycles. The van der Waals surface area contributed by atoms with Crippen molar-refractivity contribution in [3.63, 3.8) is 0 Å². The highest BCUT2D eigenvalue weighted by Crippen LogP contribution is 2.19. The number of nitrogens with two attached hydrogens (primary N) is 1. The first kappa shape index (κ1) is 11.4. The summed E-state index contributed by atoms with van der Waals surface area (Å²) in [5.74, 6) is 0.518. The van der Waals surface area contributed by atoms with Crippen LogP contribution in [0.1, 0.15) is 5.56 Å². The molecular weight excluding hydrogens is 238 g/mol. The molecule has 0 fully saturated rings. The van der Waals surface area contributed by atoms with E-state index in [1.54, 1.807) is 24.7 Å². The molecule has 3 aromatic rings. The molecule has 3 rings (SSSR count). The highest BCUT2D eigenvalue weighted by molar-refractivity contribution is 5.59. The van der Waals surface area contributed by atoms with Crippen molar-refractivity contribution in [3.8, 4) is 11.3 Å². The van der Waals surface area contributed by atoms with E-state index in [1.807, 2.05) is 30.7 Å². The molecule has 0 radical (unpaired) electrons. The van der Waals surface area contributed by atoms with Crippen molar-refractivity contribution >= 4 is 5.82 Å². The van der Waals surface area contributed by atoms with Crippen LogP contribution >= 0.6 is 0 Å². The lowest BCUT2D eigenvalue weighted by Crippen LogP contribution is -2.00. The third-order valence-corrected chi connectivity index (χ3v) is 2.90. The second-order valence-corrected chi connectivity index (χ2v) is 4.23. The number of hydrogen-bond donors (Lipinski definition) is 1. The Bertz CT molecular complexity index is 658. The molecule has 5 heteroatoms. The van der Waals surface area contributed by atoms with Gasteiger partial charge in [0.25, 0.3) is 0 Å². The molecule has 5 nitrogen and oxygen atoms in total. The highest BCUT2D eigenvalue weighted by Gasteiger charge is 2.06. The molecule has 3 heterocycles. The Morgan fingerprint density at radius 1 is 1.00 bits per heavy atom. The number of hydrogen-bond acceptors (Lipinski definition) is 4. The Morgan fingerprint density at radius 3 is 2.58 bits per heavy atom. The van der Waals surface area contributed by atoms with Crippen LogP contribution in [0.2, 0.25) is 0 Å². The van der Waals surface area contributed by atoms with E-state index >= 15 is 0 Å². The van der Waals surface area contributed by atoms with Gasteiger partial charge in [-0.25, -0.2) is 9.97 Å². The SMILES string of the molecule is Nc1ccc(-c2cncn2Cc2ccncc2)cn1. The summed E-state index contributed by atoms with van der Waals surface area (Å²) < 4.78 is 2.07. The summed E-state index contributed by atoms with van der Waals surface area (Å²) in [5, 5.41) is 0. The van der Waals surface area contributed by atoms with E-state index in [0.717, 1.165) is 17.8 Å². The lowest BCUT2D eigenvalue weighted by molar-refractivity contribution is 0.803. The fourth-order valence-corrected chi connectivity index (χ4v) is 1.93. The Labute approximate surface area is 110 Å². The summed E-state index contributed by atoms with van der Waals surface area (Å²) in [6.07, 6.45) is 8.98. The van der Waals surface area contributed by atoms with E-state index in [0.29, 0.717) is 5.82 Å². The van der Waals surface area contributed by atoms with Gasteiger partial charge in [-0.15, -0.1) is 0 Å². The second kappa shape index (κ2) is 4.89. The average Bonchev–Trinajstić information content (AvgIpc) is 2.89. The number of pyridine rings is 2. The third kappa shape index (κ3) is 2.44. The van der Waals surface area contributed by atoms with Gasteiger partial charge in [0, 0.05) is 30.7 Å². The number of anilines is 1. The van der Waals surface area contributed by atoms with Crippen LogP contribution < -0.4 is 5.73 Å². The van der Waals surface area contributed by atoms with E-state index in [1.165, 1.54) is 5.56 Å². The van der Waals surface area contributed by atoms with E-state index in [4.69, 9.17) is 5.73 Å². The lowest BCUT2D eigenvalue weighted by atomic mass is 10.2. The molecule has 0 spiro atoms. The second-order valence-electron chi connectivity index (χ2n) is 4.23. The molecule has 19 heavy (non-hydrogen) atoms. The topological polar surface area (TPSA) is 69.6 Å². The summed E-state index contributed by atoms with van der Waals surface area (Å²) in [7, 11) is 0. The van der Waals surface area contributed by atoms with Gasteiger partial charge in [-0.1, -0.05) is 0 Å². The molecule has 0 bridgehead atoms. The Kier molecular flexibility index (Phi) is 2.94. The Balaban J connectivity index is 1.92. The molecule has 0 amide bonds. The first-order chi connectivity index (χ1) is 9.33. The van der Waals surface area contributed by atoms with Crippen molar-refractivity contribution in [1.82, 2.24) is 19.5 Å². The van der Waals surface area contributed by atoms with Crippen LogP contribution in [0.15, 0.2) is 55.4 Å². The summed E-state index contributed by atoms with van der Waals surface area (Å²) >= 11 is 0. The first-order valence-electron chi connectivity index (χ1n) is 5.94. The molecule has 3 aromatic heterocycles. The summed E-state index contributed by atoms with van der Waals surface area (Å²) in [6, 6.07) is 7.72. The van der Waals surface area contributed by atoms with Gasteiger partial charge < -0.3 is 10.3 Å². The van der Waals surface area contributed by atoms with Gasteiger partial charge in [0.1, 0.15) is 5.82 Å². The maximum Gasteiger partial charge on any atom is 0.123 e. The molecule has 94 valence electrons. The van der Waals surface area contributed by atoms with Gasteiger partial charge in [0.15, 0.2) is 0 Å². The highest BCUT2D eigenvalue weighted by atomic mass is 15.0. The fourth-order valence-electron chi connectivity index (χ4n) is 1.93. The maximum absolute atomic E-state index is 5.60. The average molecular weight is 251 g/mol. The maximum atomic E-state index is 5.60. The minimum absolute atomic E-state index is 0.518. The van der Waals surface area contributed by atoms with Crippen molar-refractivity contribution in [2.24, 2.45) is 0 Å². The minimum atomic E-state index is 0.518. The van der Waals surface area contributed by atoms with Crippen molar-refractivity contribution < 1.29 is 0 Å². The van der Waals surface area contributed by atoms with Gasteiger partial charge in [-0.2, -0.15) is 0 Å². The number of nitrogens with zero attached hydrogens (tertiary/aromatic N) is 4. The minimum Gasteiger partial charge on any atom is -0.384 e. The zero-order valence-electron chi connectivity index (χ0n) is 10.3. The smallest absolute Gasteiger partial charge is 0.123 e. The lowest BCUT2D eigenvalue weighted by Gasteiger charge is -2.08. The molecular formula is C14H13N5. The van der Waals surface area contributed by atoms with Crippen molar-refractivity contribution in [2.45, 2.75) is 6.54 Å². The van der Waals surface area contributed by atoms with E-state index < -0.39 is 0 Å². The molecule has 0 saturated heterocycles. The molecule has 0 aliphatic carbocycles. The first-order valence-corrected chi connectivity index (χ1v) is 5.94. The largest absolute Gasteiger partial charge is 0.384 e. The van der Waals surface area contributed by atoms with Crippen LogP contribution in [0, 0.1) is 0 Å². The number of imidazole rings is 1. The van der Waals surface area contributed by atoms with Crippen LogP contribution in [-0.2, 0) is 6.54 Å². The van der Waals surface area contributed by atoms with Crippen molar-refractivity contribution in [2.75, 3.05) is 5.73 Å². The van der Waals surface area contributed by atoms with Gasteiger partial charge in [0.2, 0.25) is 0 Å². The molecule has 0 atom stereocenters. The van der Waals surface area contributed by atoms with Crippen LogP contribution in [0.25, 0.3) is 11.3 Å². The van der Waals surface area contributed by atoms with Crippen molar-refractivity contribution in [3.05, 3.63) is 60.9 Å². The number of nitrogen functional groups attached to an aromatic ring is 1. The van der Waals surface area contributed by atoms with Gasteiger partial charge in [-0.05, 0) is 29.8 Å². The fraction of sp³-hybridized carbons (Fsp3) is 0.0714. The third-order valence-electron chi connectivity index (χ3n) is 2.90. The van der Waals surface area contributed by atoms with Crippen LogP contribution in [-0.4, -0.2) is 19.5 Å². The summed E-state index contributed by atoms with van der Waals surface area (Å²) in [5.41, 5.74) is 8.80.